The first-order chi connectivity index (χ1) is 14.4. The zero-order chi connectivity index (χ0) is 25.1. The number of benzene rings is 2. The molecule has 0 saturated carbocycles. The molecule has 0 radical (unpaired) electrons. The second kappa shape index (κ2) is 7.88. The number of hydrogen-bond acceptors (Lipinski definition) is 1. The smallest absolute Gasteiger partial charge is 0.288 e. The molecule has 2 aromatic rings. The lowest BCUT2D eigenvalue weighted by molar-refractivity contribution is -0.305. The first kappa shape index (κ1) is 25.3. The van der Waals surface area contributed by atoms with E-state index in [4.69, 9.17) is 0 Å². The van der Waals surface area contributed by atoms with Gasteiger partial charge < -0.3 is 0 Å². The highest BCUT2D eigenvalue weighted by Crippen LogP contribution is 2.49. The van der Waals surface area contributed by atoms with Gasteiger partial charge in [0.2, 0.25) is 17.8 Å². The lowest BCUT2D eigenvalue weighted by Gasteiger charge is -2.25. The summed E-state index contributed by atoms with van der Waals surface area (Å²) in [6, 6.07) is 0. The lowest BCUT2D eigenvalue weighted by Crippen LogP contribution is -2.41. The standard InChI is InChI=1S/C16HF15O/c17-4-1(13(32)3-6(19)10(23)12(25)11(24)7(3)20)2(5(18)9(22)8(4)21)14(26)15(27,28)16(29,30)31/h14H. The van der Waals surface area contributed by atoms with Gasteiger partial charge in [0.1, 0.15) is 5.56 Å². The molecule has 0 aliphatic carbocycles. The van der Waals surface area contributed by atoms with Gasteiger partial charge in [0.25, 0.3) is 0 Å². The Balaban J connectivity index is 3.00. The number of ketones is 1. The van der Waals surface area contributed by atoms with Crippen LogP contribution in [0.25, 0.3) is 0 Å². The van der Waals surface area contributed by atoms with Gasteiger partial charge in [0.05, 0.1) is 5.56 Å². The van der Waals surface area contributed by atoms with Gasteiger partial charge in [-0.15, -0.1) is 0 Å². The summed E-state index contributed by atoms with van der Waals surface area (Å²) in [7, 11) is 0. The maximum Gasteiger partial charge on any atom is 0.456 e. The molecule has 0 aromatic heterocycles. The Hall–Kier alpha value is -2.94. The van der Waals surface area contributed by atoms with Crippen LogP contribution in [0.4, 0.5) is 65.9 Å². The summed E-state index contributed by atoms with van der Waals surface area (Å²) in [6.45, 7) is 0. The molecule has 32 heavy (non-hydrogen) atoms. The van der Waals surface area contributed by atoms with E-state index in [1.54, 1.807) is 0 Å². The Morgan fingerprint density at radius 3 is 1.22 bits per heavy atom. The molecule has 0 fully saturated rings. The van der Waals surface area contributed by atoms with E-state index < -0.39 is 93.1 Å². The van der Waals surface area contributed by atoms with Crippen LogP contribution in [0.1, 0.15) is 27.7 Å². The van der Waals surface area contributed by atoms with Gasteiger partial charge in [-0.2, -0.15) is 22.0 Å². The minimum atomic E-state index is -6.93. The molecule has 0 bridgehead atoms. The Labute approximate surface area is 165 Å². The molecule has 2 rings (SSSR count). The van der Waals surface area contributed by atoms with Crippen LogP contribution in [0.3, 0.4) is 0 Å². The van der Waals surface area contributed by atoms with Gasteiger partial charge in [-0.25, -0.2) is 43.9 Å². The van der Waals surface area contributed by atoms with Crippen molar-refractivity contribution in [2.45, 2.75) is 18.3 Å². The number of carbonyl (C=O) groups excluding carboxylic acids is 1. The summed E-state index contributed by atoms with van der Waals surface area (Å²) in [5.41, 5.74) is -9.05. The number of carbonyl (C=O) groups is 1. The number of alkyl halides is 6. The molecule has 0 N–H and O–H groups in total. The van der Waals surface area contributed by atoms with E-state index in [1.165, 1.54) is 0 Å². The molecule has 16 heteroatoms. The van der Waals surface area contributed by atoms with Gasteiger partial charge in [0.15, 0.2) is 46.5 Å². The molecule has 0 heterocycles. The molecule has 1 nitrogen and oxygen atoms in total. The molecule has 1 unspecified atom stereocenters. The van der Waals surface area contributed by atoms with E-state index in [2.05, 4.69) is 0 Å². The van der Waals surface area contributed by atoms with Crippen molar-refractivity contribution >= 4 is 5.78 Å². The molecule has 0 aliphatic rings. The monoisotopic (exact) mass is 494 g/mol. The fourth-order valence-electron chi connectivity index (χ4n) is 2.36. The Morgan fingerprint density at radius 1 is 0.531 bits per heavy atom. The fraction of sp³-hybridized carbons (Fsp3) is 0.188. The summed E-state index contributed by atoms with van der Waals surface area (Å²) >= 11 is 0. The maximum absolute atomic E-state index is 14.0. The number of rotatable bonds is 4. The van der Waals surface area contributed by atoms with Crippen molar-refractivity contribution in [1.29, 1.82) is 0 Å². The second-order valence-corrected chi connectivity index (χ2v) is 5.80. The predicted molar refractivity (Wildman–Crippen MR) is 70.8 cm³/mol. The molecule has 0 aliphatic heterocycles. The Bertz CT molecular complexity index is 1090. The first-order valence-electron chi connectivity index (χ1n) is 7.40. The highest BCUT2D eigenvalue weighted by atomic mass is 19.4. The van der Waals surface area contributed by atoms with Gasteiger partial charge in [-0.05, 0) is 0 Å². The molecule has 176 valence electrons. The van der Waals surface area contributed by atoms with E-state index in [9.17, 15) is 70.7 Å². The average Bonchev–Trinajstić information content (AvgIpc) is 2.70. The van der Waals surface area contributed by atoms with Crippen LogP contribution in [-0.2, 0) is 0 Å². The van der Waals surface area contributed by atoms with E-state index in [1.807, 2.05) is 0 Å². The molecule has 1 atom stereocenters. The van der Waals surface area contributed by atoms with Gasteiger partial charge in [-0.1, -0.05) is 0 Å². The van der Waals surface area contributed by atoms with Gasteiger partial charge in [0, 0.05) is 5.56 Å². The molecule has 0 spiro atoms. The van der Waals surface area contributed by atoms with E-state index in [-0.39, 0.29) is 0 Å². The SMILES string of the molecule is O=C(c1c(F)c(F)c(F)c(F)c1F)c1c(F)c(F)c(F)c(F)c1C(F)C(F)(F)C(F)(F)F. The molecule has 2 aromatic carbocycles. The Kier molecular flexibility index (Phi) is 6.24. The van der Waals surface area contributed by atoms with Crippen LogP contribution in [0, 0.1) is 52.4 Å². The second-order valence-electron chi connectivity index (χ2n) is 5.80. The summed E-state index contributed by atoms with van der Waals surface area (Å²) in [5, 5.41) is 0. The third-order valence-electron chi connectivity index (χ3n) is 3.92. The van der Waals surface area contributed by atoms with E-state index in [0.29, 0.717) is 0 Å². The summed E-state index contributed by atoms with van der Waals surface area (Å²) < 4.78 is 200. The minimum absolute atomic E-state index is 2.81. The van der Waals surface area contributed by atoms with Crippen molar-refractivity contribution in [1.82, 2.24) is 0 Å². The van der Waals surface area contributed by atoms with Crippen LogP contribution in [-0.4, -0.2) is 17.9 Å². The van der Waals surface area contributed by atoms with Gasteiger partial charge in [-0.3, -0.25) is 4.79 Å². The quantitative estimate of drug-likeness (QED) is 0.209. The zero-order valence-corrected chi connectivity index (χ0v) is 14.2. The van der Waals surface area contributed by atoms with Crippen molar-refractivity contribution < 1.29 is 70.7 Å². The normalized spacial score (nSPS) is 13.5. The molecule has 0 saturated heterocycles. The largest absolute Gasteiger partial charge is 0.456 e. The molecular formula is C16HF15O. The minimum Gasteiger partial charge on any atom is -0.288 e. The first-order valence-corrected chi connectivity index (χ1v) is 7.40. The summed E-state index contributed by atoms with van der Waals surface area (Å²) in [6.07, 6.45) is -12.2. The number of halogens is 15. The molecule has 0 amide bonds. The van der Waals surface area contributed by atoms with Crippen LogP contribution in [0.5, 0.6) is 0 Å². The Morgan fingerprint density at radius 2 is 0.844 bits per heavy atom. The van der Waals surface area contributed by atoms with E-state index >= 15 is 0 Å². The maximum atomic E-state index is 14.0. The van der Waals surface area contributed by atoms with Crippen LogP contribution in [0.15, 0.2) is 0 Å². The van der Waals surface area contributed by atoms with Crippen molar-refractivity contribution in [3.05, 3.63) is 69.0 Å². The molecular weight excluding hydrogens is 493 g/mol. The van der Waals surface area contributed by atoms with Gasteiger partial charge >= 0.3 is 12.1 Å². The van der Waals surface area contributed by atoms with E-state index in [0.717, 1.165) is 0 Å². The van der Waals surface area contributed by atoms with Crippen LogP contribution in [0.2, 0.25) is 0 Å². The van der Waals surface area contributed by atoms with Crippen LogP contribution >= 0.6 is 0 Å². The third-order valence-corrected chi connectivity index (χ3v) is 3.92. The van der Waals surface area contributed by atoms with Crippen molar-refractivity contribution in [3.63, 3.8) is 0 Å². The van der Waals surface area contributed by atoms with Crippen LogP contribution < -0.4 is 0 Å². The summed E-state index contributed by atoms with van der Waals surface area (Å²) in [5.74, 6) is -38.0. The summed E-state index contributed by atoms with van der Waals surface area (Å²) in [4.78, 5) is 12.1. The number of hydrogen-bond donors (Lipinski definition) is 0. The van der Waals surface area contributed by atoms with Crippen molar-refractivity contribution in [2.75, 3.05) is 0 Å². The average molecular weight is 494 g/mol. The third kappa shape index (κ3) is 3.54. The fourth-order valence-corrected chi connectivity index (χ4v) is 2.36. The topological polar surface area (TPSA) is 17.1 Å². The predicted octanol–water partition coefficient (Wildman–Crippen LogP) is 6.38. The lowest BCUT2D eigenvalue weighted by atomic mass is 9.91. The zero-order valence-electron chi connectivity index (χ0n) is 14.2. The highest BCUT2D eigenvalue weighted by Gasteiger charge is 2.65. The van der Waals surface area contributed by atoms with Crippen molar-refractivity contribution in [3.8, 4) is 0 Å². The highest BCUT2D eigenvalue weighted by molar-refractivity contribution is 6.10. The van der Waals surface area contributed by atoms with Crippen molar-refractivity contribution in [2.24, 2.45) is 0 Å².